The van der Waals surface area contributed by atoms with Gasteiger partial charge < -0.3 is 5.32 Å². The molecule has 110 valence electrons. The SMILES string of the molecule is C[C@@H](CC(=O)Nc1nc2c(s1)CCCC2)c1ccccc1. The van der Waals surface area contributed by atoms with Crippen molar-refractivity contribution in [2.75, 3.05) is 5.32 Å². The van der Waals surface area contributed by atoms with E-state index in [1.807, 2.05) is 18.2 Å². The van der Waals surface area contributed by atoms with E-state index in [4.69, 9.17) is 0 Å². The number of hydrogen-bond donors (Lipinski definition) is 1. The summed E-state index contributed by atoms with van der Waals surface area (Å²) in [5.41, 5.74) is 2.39. The molecule has 0 fully saturated rings. The van der Waals surface area contributed by atoms with Crippen LogP contribution in [0.15, 0.2) is 30.3 Å². The normalized spacial score (nSPS) is 15.3. The van der Waals surface area contributed by atoms with Crippen molar-refractivity contribution in [2.24, 2.45) is 0 Å². The fourth-order valence-electron chi connectivity index (χ4n) is 2.75. The van der Waals surface area contributed by atoms with E-state index < -0.39 is 0 Å². The Morgan fingerprint density at radius 3 is 2.81 bits per heavy atom. The number of anilines is 1. The van der Waals surface area contributed by atoms with E-state index in [0.717, 1.165) is 18.0 Å². The molecule has 1 aromatic heterocycles. The summed E-state index contributed by atoms with van der Waals surface area (Å²) in [6.45, 7) is 2.09. The molecule has 0 bridgehead atoms. The number of amides is 1. The molecule has 0 saturated heterocycles. The lowest BCUT2D eigenvalue weighted by molar-refractivity contribution is -0.116. The number of carbonyl (C=O) groups excluding carboxylic acids is 1. The Morgan fingerprint density at radius 1 is 1.29 bits per heavy atom. The van der Waals surface area contributed by atoms with Crippen molar-refractivity contribution in [3.63, 3.8) is 0 Å². The first-order valence-electron chi connectivity index (χ1n) is 7.56. The summed E-state index contributed by atoms with van der Waals surface area (Å²) in [5, 5.41) is 3.74. The topological polar surface area (TPSA) is 42.0 Å². The molecular formula is C17H20N2OS. The van der Waals surface area contributed by atoms with Gasteiger partial charge in [0.1, 0.15) is 0 Å². The molecular weight excluding hydrogens is 280 g/mol. The second-order valence-electron chi connectivity index (χ2n) is 5.66. The maximum atomic E-state index is 12.2. The molecule has 0 aliphatic heterocycles. The average molecular weight is 300 g/mol. The third-order valence-electron chi connectivity index (χ3n) is 3.95. The quantitative estimate of drug-likeness (QED) is 0.921. The third-order valence-corrected chi connectivity index (χ3v) is 5.03. The van der Waals surface area contributed by atoms with Gasteiger partial charge in [0.05, 0.1) is 5.69 Å². The van der Waals surface area contributed by atoms with Crippen molar-refractivity contribution in [1.82, 2.24) is 4.98 Å². The largest absolute Gasteiger partial charge is 0.302 e. The van der Waals surface area contributed by atoms with Gasteiger partial charge in [0.2, 0.25) is 5.91 Å². The fraction of sp³-hybridized carbons (Fsp3) is 0.412. The number of fused-ring (bicyclic) bond motifs is 1. The third kappa shape index (κ3) is 3.50. The zero-order valence-electron chi connectivity index (χ0n) is 12.3. The van der Waals surface area contributed by atoms with E-state index >= 15 is 0 Å². The molecule has 3 nitrogen and oxygen atoms in total. The average Bonchev–Trinajstić information content (AvgIpc) is 2.90. The number of rotatable bonds is 4. The molecule has 21 heavy (non-hydrogen) atoms. The van der Waals surface area contributed by atoms with E-state index in [2.05, 4.69) is 29.4 Å². The molecule has 0 unspecified atom stereocenters. The molecule has 2 aromatic rings. The molecule has 1 N–H and O–H groups in total. The Hall–Kier alpha value is -1.68. The van der Waals surface area contributed by atoms with Gasteiger partial charge in [-0.05, 0) is 37.2 Å². The van der Waals surface area contributed by atoms with Crippen LogP contribution in [0.1, 0.15) is 48.2 Å². The van der Waals surface area contributed by atoms with Crippen LogP contribution in [0.5, 0.6) is 0 Å². The van der Waals surface area contributed by atoms with E-state index in [-0.39, 0.29) is 11.8 Å². The monoisotopic (exact) mass is 300 g/mol. The number of nitrogens with zero attached hydrogens (tertiary/aromatic N) is 1. The summed E-state index contributed by atoms with van der Waals surface area (Å²) < 4.78 is 0. The van der Waals surface area contributed by atoms with Gasteiger partial charge in [-0.15, -0.1) is 11.3 Å². The van der Waals surface area contributed by atoms with Crippen molar-refractivity contribution >= 4 is 22.4 Å². The Bertz CT molecular complexity index is 597. The van der Waals surface area contributed by atoms with E-state index in [0.29, 0.717) is 6.42 Å². The Morgan fingerprint density at radius 2 is 2.05 bits per heavy atom. The number of carbonyl (C=O) groups is 1. The van der Waals surface area contributed by atoms with Crippen LogP contribution in [-0.2, 0) is 17.6 Å². The molecule has 4 heteroatoms. The predicted molar refractivity (Wildman–Crippen MR) is 86.9 cm³/mol. The highest BCUT2D eigenvalue weighted by Crippen LogP contribution is 2.30. The van der Waals surface area contributed by atoms with Crippen molar-refractivity contribution in [3.8, 4) is 0 Å². The van der Waals surface area contributed by atoms with Gasteiger partial charge in [-0.2, -0.15) is 0 Å². The maximum Gasteiger partial charge on any atom is 0.226 e. The lowest BCUT2D eigenvalue weighted by Crippen LogP contribution is -2.14. The molecule has 1 atom stereocenters. The Kier molecular flexibility index (Phi) is 4.34. The Labute approximate surface area is 129 Å². The van der Waals surface area contributed by atoms with E-state index in [9.17, 15) is 4.79 Å². The van der Waals surface area contributed by atoms with Gasteiger partial charge in [-0.25, -0.2) is 4.98 Å². The highest BCUT2D eigenvalue weighted by atomic mass is 32.1. The van der Waals surface area contributed by atoms with Gasteiger partial charge >= 0.3 is 0 Å². The molecule has 0 radical (unpaired) electrons. The van der Waals surface area contributed by atoms with Crippen molar-refractivity contribution in [3.05, 3.63) is 46.5 Å². The summed E-state index contributed by atoms with van der Waals surface area (Å²) in [4.78, 5) is 18.1. The highest BCUT2D eigenvalue weighted by Gasteiger charge is 2.17. The zero-order chi connectivity index (χ0) is 14.7. The number of thiazole rings is 1. The van der Waals surface area contributed by atoms with Crippen LogP contribution < -0.4 is 5.32 Å². The molecule has 1 heterocycles. The van der Waals surface area contributed by atoms with Crippen LogP contribution in [0.4, 0.5) is 5.13 Å². The van der Waals surface area contributed by atoms with E-state index in [1.165, 1.54) is 29.0 Å². The van der Waals surface area contributed by atoms with Gasteiger partial charge in [-0.1, -0.05) is 37.3 Å². The number of hydrogen-bond acceptors (Lipinski definition) is 3. The van der Waals surface area contributed by atoms with Gasteiger partial charge in [0.15, 0.2) is 5.13 Å². The molecule has 1 aliphatic rings. The van der Waals surface area contributed by atoms with Crippen LogP contribution in [-0.4, -0.2) is 10.9 Å². The number of aromatic nitrogens is 1. The number of aryl methyl sites for hydroxylation is 2. The second kappa shape index (κ2) is 6.39. The van der Waals surface area contributed by atoms with Crippen LogP contribution in [0.3, 0.4) is 0 Å². The van der Waals surface area contributed by atoms with Crippen LogP contribution in [0.25, 0.3) is 0 Å². The first kappa shape index (κ1) is 14.3. The predicted octanol–water partition coefficient (Wildman–Crippen LogP) is 4.15. The Balaban J connectivity index is 1.60. The summed E-state index contributed by atoms with van der Waals surface area (Å²) in [6.07, 6.45) is 5.13. The van der Waals surface area contributed by atoms with Crippen molar-refractivity contribution in [2.45, 2.75) is 44.9 Å². The van der Waals surface area contributed by atoms with E-state index in [1.54, 1.807) is 11.3 Å². The first-order chi connectivity index (χ1) is 10.2. The number of nitrogens with one attached hydrogen (secondary N) is 1. The lowest BCUT2D eigenvalue weighted by Gasteiger charge is -2.10. The molecule has 0 spiro atoms. The highest BCUT2D eigenvalue weighted by molar-refractivity contribution is 7.15. The molecule has 1 aliphatic carbocycles. The molecule has 1 aromatic carbocycles. The van der Waals surface area contributed by atoms with Gasteiger partial charge in [0.25, 0.3) is 0 Å². The minimum absolute atomic E-state index is 0.0532. The summed E-state index contributed by atoms with van der Waals surface area (Å²) in [7, 11) is 0. The summed E-state index contributed by atoms with van der Waals surface area (Å²) in [5.74, 6) is 0.276. The second-order valence-corrected chi connectivity index (χ2v) is 6.74. The molecule has 3 rings (SSSR count). The first-order valence-corrected chi connectivity index (χ1v) is 8.37. The summed E-state index contributed by atoms with van der Waals surface area (Å²) in [6, 6.07) is 10.2. The number of benzene rings is 1. The zero-order valence-corrected chi connectivity index (χ0v) is 13.1. The van der Waals surface area contributed by atoms with Crippen LogP contribution in [0.2, 0.25) is 0 Å². The van der Waals surface area contributed by atoms with Crippen LogP contribution >= 0.6 is 11.3 Å². The van der Waals surface area contributed by atoms with Gasteiger partial charge in [0, 0.05) is 11.3 Å². The van der Waals surface area contributed by atoms with Crippen LogP contribution in [0, 0.1) is 0 Å². The minimum atomic E-state index is 0.0532. The van der Waals surface area contributed by atoms with Gasteiger partial charge in [-0.3, -0.25) is 4.79 Å². The smallest absolute Gasteiger partial charge is 0.226 e. The lowest BCUT2D eigenvalue weighted by atomic mass is 9.98. The summed E-state index contributed by atoms with van der Waals surface area (Å²) >= 11 is 1.64. The molecule has 1 amide bonds. The van der Waals surface area contributed by atoms with Crippen molar-refractivity contribution in [1.29, 1.82) is 0 Å². The standard InChI is InChI=1S/C17H20N2OS/c1-12(13-7-3-2-4-8-13)11-16(20)19-17-18-14-9-5-6-10-15(14)21-17/h2-4,7-8,12H,5-6,9-11H2,1H3,(H,18,19,20)/t12-/m0/s1. The fourth-order valence-corrected chi connectivity index (χ4v) is 3.82. The minimum Gasteiger partial charge on any atom is -0.302 e. The molecule has 0 saturated carbocycles. The van der Waals surface area contributed by atoms with Crippen molar-refractivity contribution < 1.29 is 4.79 Å². The maximum absolute atomic E-state index is 12.2.